The zero-order valence-electron chi connectivity index (χ0n) is 16.9. The molecular formula is C20H25N5O5. The molecular weight excluding hydrogens is 390 g/mol. The Bertz CT molecular complexity index is 889. The van der Waals surface area contributed by atoms with Crippen molar-refractivity contribution in [1.82, 2.24) is 20.6 Å². The molecule has 3 rings (SSSR count). The first kappa shape index (κ1) is 21.3. The van der Waals surface area contributed by atoms with Crippen LogP contribution in [0.15, 0.2) is 30.3 Å². The minimum atomic E-state index is -1.000. The summed E-state index contributed by atoms with van der Waals surface area (Å²) in [6.07, 6.45) is 2.84. The van der Waals surface area contributed by atoms with E-state index in [0.717, 1.165) is 16.2 Å². The van der Waals surface area contributed by atoms with Gasteiger partial charge in [-0.2, -0.15) is 0 Å². The van der Waals surface area contributed by atoms with E-state index in [-0.39, 0.29) is 12.5 Å². The van der Waals surface area contributed by atoms with Crippen LogP contribution in [0.4, 0.5) is 10.5 Å². The highest BCUT2D eigenvalue weighted by Crippen LogP contribution is 2.23. The summed E-state index contributed by atoms with van der Waals surface area (Å²) >= 11 is 0. The number of urea groups is 1. The summed E-state index contributed by atoms with van der Waals surface area (Å²) in [7, 11) is 0. The van der Waals surface area contributed by atoms with Gasteiger partial charge in [0.1, 0.15) is 12.1 Å². The van der Waals surface area contributed by atoms with Crippen LogP contribution < -0.4 is 15.7 Å². The molecule has 1 aromatic carbocycles. The minimum absolute atomic E-state index is 0.274. The van der Waals surface area contributed by atoms with Crippen LogP contribution in [0.5, 0.6) is 0 Å². The fourth-order valence-corrected chi connectivity index (χ4v) is 3.51. The van der Waals surface area contributed by atoms with Crippen molar-refractivity contribution in [3.05, 3.63) is 35.9 Å². The molecule has 0 saturated carbocycles. The molecule has 10 nitrogen and oxygen atoms in total. The molecule has 10 heteroatoms. The zero-order chi connectivity index (χ0) is 21.9. The first-order valence-corrected chi connectivity index (χ1v) is 9.61. The van der Waals surface area contributed by atoms with Gasteiger partial charge >= 0.3 is 6.03 Å². The number of anilines is 1. The lowest BCUT2D eigenvalue weighted by molar-refractivity contribution is -0.138. The molecule has 0 unspecified atom stereocenters. The average Bonchev–Trinajstić information content (AvgIpc) is 2.93. The number of nitrogens with zero attached hydrogens (tertiary/aromatic N) is 3. The van der Waals surface area contributed by atoms with Gasteiger partial charge in [0.15, 0.2) is 0 Å². The van der Waals surface area contributed by atoms with E-state index in [0.29, 0.717) is 26.2 Å². The van der Waals surface area contributed by atoms with E-state index in [4.69, 9.17) is 5.21 Å². The predicted molar refractivity (Wildman–Crippen MR) is 109 cm³/mol. The summed E-state index contributed by atoms with van der Waals surface area (Å²) in [5, 5.41) is 11.2. The fourth-order valence-electron chi connectivity index (χ4n) is 3.51. The lowest BCUT2D eigenvalue weighted by Gasteiger charge is -2.37. The summed E-state index contributed by atoms with van der Waals surface area (Å²) in [6.45, 7) is 4.95. The van der Waals surface area contributed by atoms with Crippen molar-refractivity contribution >= 4 is 35.5 Å². The summed E-state index contributed by atoms with van der Waals surface area (Å²) < 4.78 is 0. The monoisotopic (exact) mass is 415 g/mol. The number of hydrogen-bond acceptors (Lipinski definition) is 6. The Kier molecular flexibility index (Phi) is 6.06. The Hall–Kier alpha value is -3.40. The second-order valence-corrected chi connectivity index (χ2v) is 7.68. The second kappa shape index (κ2) is 8.54. The Morgan fingerprint density at radius 1 is 1.17 bits per heavy atom. The molecule has 0 aliphatic carbocycles. The average molecular weight is 415 g/mol. The molecule has 2 heterocycles. The number of imide groups is 1. The molecule has 2 saturated heterocycles. The first-order chi connectivity index (χ1) is 14.2. The Morgan fingerprint density at radius 3 is 2.43 bits per heavy atom. The maximum Gasteiger partial charge on any atom is 0.325 e. The first-order valence-electron chi connectivity index (χ1n) is 9.61. The van der Waals surface area contributed by atoms with E-state index in [1.165, 1.54) is 6.08 Å². The van der Waals surface area contributed by atoms with Gasteiger partial charge in [-0.15, -0.1) is 0 Å². The van der Waals surface area contributed by atoms with Crippen LogP contribution in [-0.2, 0) is 14.4 Å². The highest BCUT2D eigenvalue weighted by molar-refractivity contribution is 6.08. The molecule has 0 atom stereocenters. The smallest absolute Gasteiger partial charge is 0.325 e. The van der Waals surface area contributed by atoms with Crippen molar-refractivity contribution in [2.45, 2.75) is 19.4 Å². The van der Waals surface area contributed by atoms with Crippen molar-refractivity contribution < 1.29 is 24.4 Å². The summed E-state index contributed by atoms with van der Waals surface area (Å²) in [6, 6.07) is 6.95. The third kappa shape index (κ3) is 4.43. The number of amides is 5. The van der Waals surface area contributed by atoms with Crippen molar-refractivity contribution in [2.24, 2.45) is 0 Å². The molecule has 0 bridgehead atoms. The Balaban J connectivity index is 1.61. The molecule has 160 valence electrons. The van der Waals surface area contributed by atoms with Gasteiger partial charge in [0, 0.05) is 37.9 Å². The van der Waals surface area contributed by atoms with Crippen molar-refractivity contribution in [3.8, 4) is 0 Å². The third-order valence-electron chi connectivity index (χ3n) is 5.17. The van der Waals surface area contributed by atoms with Gasteiger partial charge in [-0.25, -0.2) is 10.3 Å². The molecule has 0 radical (unpaired) electrons. The summed E-state index contributed by atoms with van der Waals surface area (Å²) in [5.74, 6) is -1.31. The number of rotatable bonds is 5. The van der Waals surface area contributed by atoms with Crippen LogP contribution in [0.1, 0.15) is 19.4 Å². The molecule has 5 amide bonds. The van der Waals surface area contributed by atoms with E-state index in [1.54, 1.807) is 30.3 Å². The molecule has 2 aliphatic heterocycles. The predicted octanol–water partition coefficient (Wildman–Crippen LogP) is 0.184. The Labute approximate surface area is 174 Å². The molecule has 0 aromatic heterocycles. The molecule has 30 heavy (non-hydrogen) atoms. The zero-order valence-corrected chi connectivity index (χ0v) is 16.9. The van der Waals surface area contributed by atoms with Gasteiger partial charge in [-0.3, -0.25) is 24.5 Å². The maximum atomic E-state index is 12.6. The number of carbonyl (C=O) groups is 4. The maximum absolute atomic E-state index is 12.6. The van der Waals surface area contributed by atoms with Crippen molar-refractivity contribution in [1.29, 1.82) is 0 Å². The van der Waals surface area contributed by atoms with E-state index in [2.05, 4.69) is 10.2 Å². The van der Waals surface area contributed by atoms with Crippen LogP contribution in [-0.4, -0.2) is 77.0 Å². The van der Waals surface area contributed by atoms with Crippen LogP contribution in [0.25, 0.3) is 6.08 Å². The Morgan fingerprint density at radius 2 is 1.83 bits per heavy atom. The number of nitrogens with one attached hydrogen (secondary N) is 2. The summed E-state index contributed by atoms with van der Waals surface area (Å²) in [4.78, 5) is 52.8. The molecule has 2 fully saturated rings. The number of piperazine rings is 1. The van der Waals surface area contributed by atoms with Gasteiger partial charge in [-0.05, 0) is 31.6 Å². The lowest BCUT2D eigenvalue weighted by atomic mass is 10.1. The largest absolute Gasteiger partial charge is 0.367 e. The molecule has 0 spiro atoms. The quantitative estimate of drug-likeness (QED) is 0.273. The number of hydroxylamine groups is 1. The van der Waals surface area contributed by atoms with Crippen molar-refractivity contribution in [3.63, 3.8) is 0 Å². The standard InChI is InChI=1S/C20H25N5O5/c1-20(2)18(28)25(19(29)21-20)13-17(27)24-11-9-23(10-12-24)15-6-4-3-5-14(15)7-8-16(26)22-30/h3-8,30H,9-13H2,1-2H3,(H,21,29)(H,22,26). The lowest BCUT2D eigenvalue weighted by Crippen LogP contribution is -2.52. The van der Waals surface area contributed by atoms with Crippen LogP contribution in [0.3, 0.4) is 0 Å². The molecule has 2 aliphatic rings. The number of carbonyl (C=O) groups excluding carboxylic acids is 4. The highest BCUT2D eigenvalue weighted by Gasteiger charge is 2.45. The van der Waals surface area contributed by atoms with E-state index in [9.17, 15) is 19.2 Å². The van der Waals surface area contributed by atoms with Crippen molar-refractivity contribution in [2.75, 3.05) is 37.6 Å². The number of hydrogen-bond donors (Lipinski definition) is 3. The number of benzene rings is 1. The van der Waals surface area contributed by atoms with E-state index in [1.807, 2.05) is 24.3 Å². The molecule has 3 N–H and O–H groups in total. The van der Waals surface area contributed by atoms with Crippen LogP contribution >= 0.6 is 0 Å². The third-order valence-corrected chi connectivity index (χ3v) is 5.17. The number of para-hydroxylation sites is 1. The fraction of sp³-hybridized carbons (Fsp3) is 0.400. The van der Waals surface area contributed by atoms with E-state index >= 15 is 0 Å². The second-order valence-electron chi connectivity index (χ2n) is 7.68. The van der Waals surface area contributed by atoms with Gasteiger partial charge in [0.2, 0.25) is 5.91 Å². The molecule has 1 aromatic rings. The van der Waals surface area contributed by atoms with Gasteiger partial charge in [0.25, 0.3) is 11.8 Å². The van der Waals surface area contributed by atoms with E-state index < -0.39 is 23.4 Å². The SMILES string of the molecule is CC1(C)NC(=O)N(CC(=O)N2CCN(c3ccccc3C=CC(=O)NO)CC2)C1=O. The van der Waals surface area contributed by atoms with Crippen LogP contribution in [0, 0.1) is 0 Å². The highest BCUT2D eigenvalue weighted by atomic mass is 16.5. The van der Waals surface area contributed by atoms with Gasteiger partial charge < -0.3 is 15.1 Å². The van der Waals surface area contributed by atoms with Gasteiger partial charge in [-0.1, -0.05) is 18.2 Å². The summed E-state index contributed by atoms with van der Waals surface area (Å²) in [5.41, 5.74) is 2.27. The normalized spacial score (nSPS) is 18.7. The van der Waals surface area contributed by atoms with Crippen LogP contribution in [0.2, 0.25) is 0 Å². The van der Waals surface area contributed by atoms with Gasteiger partial charge in [0.05, 0.1) is 0 Å². The minimum Gasteiger partial charge on any atom is -0.367 e. The topological polar surface area (TPSA) is 122 Å².